The smallest absolute Gasteiger partial charge is 0.310 e. The van der Waals surface area contributed by atoms with Crippen LogP contribution >= 0.6 is 0 Å². The van der Waals surface area contributed by atoms with Crippen molar-refractivity contribution in [1.29, 1.82) is 0 Å². The Labute approximate surface area is 437 Å². The fourth-order valence-electron chi connectivity index (χ4n) is 16.2. The maximum atomic E-state index is 13.2. The summed E-state index contributed by atoms with van der Waals surface area (Å²) in [6, 6.07) is 0. The Morgan fingerprint density at radius 2 is 1.25 bits per heavy atom. The first-order valence-corrected chi connectivity index (χ1v) is 27.3. The molecule has 4 saturated heterocycles. The Hall–Kier alpha value is -1.59. The highest BCUT2D eigenvalue weighted by atomic mass is 16.8. The van der Waals surface area contributed by atoms with Crippen LogP contribution in [0.5, 0.6) is 0 Å². The SMILES string of the molecule is CC1OC(OC2C(O)C(CO)OC(OC3C(CO)OC(OCC4(C)C(O)CCC5(C)C4CCC4(C)C5CC=C5C6CC(C)(C)CCC6(C(=O)O)CCC54C)C(O)C3O)C2O)C(OC2OCC(O)C(O)C2O)C(O)C1O. The van der Waals surface area contributed by atoms with E-state index in [1.165, 1.54) is 12.5 Å². The summed E-state index contributed by atoms with van der Waals surface area (Å²) in [6.45, 7) is 12.8. The molecule has 8 fully saturated rings. The van der Waals surface area contributed by atoms with Crippen molar-refractivity contribution in [2.24, 2.45) is 50.2 Å². The third kappa shape index (κ3) is 9.50. The minimum absolute atomic E-state index is 0.0317. The number of hydrogen-bond donors (Lipinski definition) is 13. The van der Waals surface area contributed by atoms with Gasteiger partial charge in [-0.15, -0.1) is 0 Å². The molecule has 430 valence electrons. The van der Waals surface area contributed by atoms with Gasteiger partial charge >= 0.3 is 5.97 Å². The molecule has 4 aliphatic heterocycles. The zero-order chi connectivity index (χ0) is 54.7. The molecular weight excluding hydrogens is 989 g/mol. The molecule has 28 atom stereocenters. The lowest BCUT2D eigenvalue weighted by Gasteiger charge is -2.71. The van der Waals surface area contributed by atoms with E-state index in [-0.39, 0.29) is 46.0 Å². The van der Waals surface area contributed by atoms with Crippen molar-refractivity contribution >= 4 is 5.97 Å². The van der Waals surface area contributed by atoms with Crippen molar-refractivity contribution in [3.63, 3.8) is 0 Å². The normalized spacial score (nSPS) is 54.9. The molecule has 28 unspecified atom stereocenters. The first-order chi connectivity index (χ1) is 35.1. The number of carboxylic acids is 1. The molecule has 0 spiro atoms. The molecule has 0 radical (unpaired) electrons. The van der Waals surface area contributed by atoms with Crippen LogP contribution in [-0.2, 0) is 42.7 Å². The highest BCUT2D eigenvalue weighted by Crippen LogP contribution is 2.76. The van der Waals surface area contributed by atoms with Crippen molar-refractivity contribution in [2.75, 3.05) is 26.4 Å². The second-order valence-corrected chi connectivity index (χ2v) is 25.7. The highest BCUT2D eigenvalue weighted by Gasteiger charge is 2.70. The van der Waals surface area contributed by atoms with Crippen molar-refractivity contribution in [3.05, 3.63) is 11.6 Å². The quantitative estimate of drug-likeness (QED) is 0.106. The number of aliphatic carboxylic acids is 1. The van der Waals surface area contributed by atoms with Crippen LogP contribution in [0.15, 0.2) is 11.6 Å². The van der Waals surface area contributed by atoms with Gasteiger partial charge in [0.2, 0.25) is 0 Å². The topological polar surface area (TPSA) is 354 Å². The van der Waals surface area contributed by atoms with Crippen molar-refractivity contribution in [2.45, 2.75) is 235 Å². The van der Waals surface area contributed by atoms with Gasteiger partial charge in [0.1, 0.15) is 85.5 Å². The summed E-state index contributed by atoms with van der Waals surface area (Å²) < 4.78 is 47.1. The van der Waals surface area contributed by atoms with E-state index in [9.17, 15) is 71.2 Å². The molecular formula is C53H86O22. The predicted molar refractivity (Wildman–Crippen MR) is 257 cm³/mol. The number of allylic oxidation sites excluding steroid dienone is 2. The lowest BCUT2D eigenvalue weighted by Crippen LogP contribution is -2.67. The molecule has 22 heteroatoms. The molecule has 0 aromatic heterocycles. The maximum Gasteiger partial charge on any atom is 0.310 e. The molecule has 0 amide bonds. The molecule has 5 aliphatic carbocycles. The molecule has 9 rings (SSSR count). The number of fused-ring (bicyclic) bond motifs is 7. The first-order valence-electron chi connectivity index (χ1n) is 27.3. The Kier molecular flexibility index (Phi) is 16.3. The zero-order valence-corrected chi connectivity index (χ0v) is 44.2. The Balaban J connectivity index is 0.887. The number of aliphatic hydroxyl groups excluding tert-OH is 12. The fourth-order valence-corrected chi connectivity index (χ4v) is 16.2. The summed E-state index contributed by atoms with van der Waals surface area (Å²) >= 11 is 0. The number of aliphatic hydroxyl groups is 12. The van der Waals surface area contributed by atoms with E-state index in [1.54, 1.807) is 0 Å². The van der Waals surface area contributed by atoms with E-state index >= 15 is 0 Å². The number of rotatable bonds is 12. The number of carbonyl (C=O) groups is 1. The molecule has 13 N–H and O–H groups in total. The van der Waals surface area contributed by atoms with Crippen LogP contribution in [0.1, 0.15) is 113 Å². The minimum atomic E-state index is -2.00. The van der Waals surface area contributed by atoms with E-state index in [0.717, 1.165) is 44.9 Å². The zero-order valence-electron chi connectivity index (χ0n) is 44.2. The van der Waals surface area contributed by atoms with Gasteiger partial charge in [0.05, 0.1) is 44.1 Å². The molecule has 0 bridgehead atoms. The van der Waals surface area contributed by atoms with Gasteiger partial charge in [0.15, 0.2) is 25.2 Å². The van der Waals surface area contributed by atoms with Crippen LogP contribution < -0.4 is 0 Å². The van der Waals surface area contributed by atoms with Gasteiger partial charge < -0.3 is 104 Å². The molecule has 0 aromatic carbocycles. The van der Waals surface area contributed by atoms with Gasteiger partial charge in [-0.2, -0.15) is 0 Å². The summed E-state index contributed by atoms with van der Waals surface area (Å²) in [5, 5.41) is 143. The third-order valence-corrected chi connectivity index (χ3v) is 21.2. The standard InChI is InChI=1S/C53H86O22/c1-23-32(58)35(61)42(75-43-37(63)33(59)26(56)21-68-43)46(70-23)74-41-34(60)27(19-54)71-45(39(41)65)73-40-28(20-55)72-44(38(64)36(40)62)69-22-50(5)29-10-13-52(7)30(49(29,4)12-11-31(50)57)9-8-24-25-18-48(2,3)14-16-53(25,47(66)67)17-15-51(24,52)6/h8,23,25-46,54-65H,9-22H2,1-7H3,(H,66,67). The van der Waals surface area contributed by atoms with E-state index in [0.29, 0.717) is 19.3 Å². The summed E-state index contributed by atoms with van der Waals surface area (Å²) in [4.78, 5) is 13.2. The number of carboxylic acid groups (broad SMARTS) is 1. The summed E-state index contributed by atoms with van der Waals surface area (Å²) in [7, 11) is 0. The number of hydrogen-bond acceptors (Lipinski definition) is 21. The maximum absolute atomic E-state index is 13.2. The third-order valence-electron chi connectivity index (χ3n) is 21.2. The summed E-state index contributed by atoms with van der Waals surface area (Å²) in [5.74, 6) is -0.541. The van der Waals surface area contributed by atoms with E-state index in [4.69, 9.17) is 37.9 Å². The Bertz CT molecular complexity index is 2060. The van der Waals surface area contributed by atoms with Gasteiger partial charge in [-0.25, -0.2) is 0 Å². The van der Waals surface area contributed by atoms with Crippen LogP contribution in [0.3, 0.4) is 0 Å². The monoisotopic (exact) mass is 1070 g/mol. The van der Waals surface area contributed by atoms with Gasteiger partial charge in [-0.1, -0.05) is 53.2 Å². The Morgan fingerprint density at radius 1 is 0.627 bits per heavy atom. The van der Waals surface area contributed by atoms with Crippen LogP contribution in [0.2, 0.25) is 0 Å². The first kappa shape index (κ1) is 58.1. The fraction of sp³-hybridized carbons (Fsp3) is 0.943. The average Bonchev–Trinajstić information content (AvgIpc) is 3.38. The van der Waals surface area contributed by atoms with Crippen LogP contribution in [0, 0.1) is 50.2 Å². The second kappa shape index (κ2) is 21.1. The van der Waals surface area contributed by atoms with Crippen LogP contribution in [-0.4, -0.2) is 222 Å². The molecule has 0 aromatic rings. The predicted octanol–water partition coefficient (Wildman–Crippen LogP) is -0.830. The van der Waals surface area contributed by atoms with Crippen molar-refractivity contribution < 1.29 is 109 Å². The van der Waals surface area contributed by atoms with Crippen LogP contribution in [0.25, 0.3) is 0 Å². The number of ether oxygens (including phenoxy) is 8. The van der Waals surface area contributed by atoms with Crippen molar-refractivity contribution in [3.8, 4) is 0 Å². The highest BCUT2D eigenvalue weighted by molar-refractivity contribution is 5.76. The van der Waals surface area contributed by atoms with Gasteiger partial charge in [0, 0.05) is 5.41 Å². The lowest BCUT2D eigenvalue weighted by atomic mass is 9.33. The van der Waals surface area contributed by atoms with E-state index in [2.05, 4.69) is 40.7 Å². The largest absolute Gasteiger partial charge is 0.481 e. The molecule has 4 saturated carbocycles. The van der Waals surface area contributed by atoms with Gasteiger partial charge in [0.25, 0.3) is 0 Å². The van der Waals surface area contributed by atoms with E-state index in [1.807, 2.05) is 6.92 Å². The van der Waals surface area contributed by atoms with Crippen LogP contribution in [0.4, 0.5) is 0 Å². The lowest BCUT2D eigenvalue weighted by molar-refractivity contribution is -0.391. The van der Waals surface area contributed by atoms with Crippen molar-refractivity contribution in [1.82, 2.24) is 0 Å². The second-order valence-electron chi connectivity index (χ2n) is 25.7. The summed E-state index contributed by atoms with van der Waals surface area (Å²) in [5.41, 5.74) is -0.885. The molecule has 9 aliphatic rings. The van der Waals surface area contributed by atoms with Gasteiger partial charge in [-0.3, -0.25) is 4.79 Å². The minimum Gasteiger partial charge on any atom is -0.481 e. The summed E-state index contributed by atoms with van der Waals surface area (Å²) in [6.07, 6.45) is -22.8. The Morgan fingerprint density at radius 3 is 1.93 bits per heavy atom. The molecule has 75 heavy (non-hydrogen) atoms. The molecule has 4 heterocycles. The van der Waals surface area contributed by atoms with E-state index < -0.39 is 159 Å². The molecule has 22 nitrogen and oxygen atoms in total. The van der Waals surface area contributed by atoms with Gasteiger partial charge in [-0.05, 0) is 111 Å². The average molecular weight is 1080 g/mol.